The number of H-pyrrole nitrogens is 1. The molecule has 3 aromatic rings. The maximum Gasteiger partial charge on any atom is 0.326 e. The molecule has 1 heterocycles. The van der Waals surface area contributed by atoms with Crippen LogP contribution in [-0.4, -0.2) is 9.55 Å². The first-order valence-electron chi connectivity index (χ1n) is 7.22. The molecule has 1 saturated carbocycles. The summed E-state index contributed by atoms with van der Waals surface area (Å²) in [5.41, 5.74) is 9.56. The molecule has 4 heteroatoms. The number of aromatic nitrogens is 2. The van der Waals surface area contributed by atoms with Crippen LogP contribution in [0.3, 0.4) is 0 Å². The van der Waals surface area contributed by atoms with Crippen molar-refractivity contribution in [3.05, 3.63) is 64.6 Å². The van der Waals surface area contributed by atoms with Crippen LogP contribution in [0.4, 0.5) is 5.69 Å². The molecule has 0 spiro atoms. The van der Waals surface area contributed by atoms with E-state index in [1.807, 2.05) is 28.8 Å². The number of nitrogens with two attached hydrogens (primary N) is 1. The van der Waals surface area contributed by atoms with Crippen LogP contribution in [0.15, 0.2) is 53.3 Å². The molecule has 0 aliphatic heterocycles. The van der Waals surface area contributed by atoms with Gasteiger partial charge in [0.15, 0.2) is 0 Å². The number of hydrogen-bond donors (Lipinski definition) is 2. The predicted molar refractivity (Wildman–Crippen MR) is 84.3 cm³/mol. The average Bonchev–Trinajstić information content (AvgIpc) is 3.21. The second kappa shape index (κ2) is 4.25. The number of rotatable bonds is 3. The van der Waals surface area contributed by atoms with E-state index in [0.29, 0.717) is 5.69 Å². The molecule has 2 aromatic carbocycles. The minimum atomic E-state index is -0.0576. The van der Waals surface area contributed by atoms with Crippen molar-refractivity contribution < 1.29 is 0 Å². The van der Waals surface area contributed by atoms with Gasteiger partial charge in [0.2, 0.25) is 0 Å². The number of fused-ring (bicyclic) bond motifs is 1. The third kappa shape index (κ3) is 1.95. The lowest BCUT2D eigenvalue weighted by molar-refractivity contribution is 0.547. The first-order chi connectivity index (χ1) is 10.2. The van der Waals surface area contributed by atoms with E-state index in [9.17, 15) is 4.79 Å². The first-order valence-corrected chi connectivity index (χ1v) is 7.22. The minimum Gasteiger partial charge on any atom is -0.399 e. The Labute approximate surface area is 122 Å². The summed E-state index contributed by atoms with van der Waals surface area (Å²) >= 11 is 0. The Balaban J connectivity index is 1.79. The van der Waals surface area contributed by atoms with Crippen LogP contribution in [0.1, 0.15) is 18.4 Å². The number of nitrogen functional groups attached to an aromatic ring is 1. The molecule has 0 atom stereocenters. The van der Waals surface area contributed by atoms with E-state index >= 15 is 0 Å². The Morgan fingerprint density at radius 1 is 1.14 bits per heavy atom. The molecule has 1 aliphatic rings. The van der Waals surface area contributed by atoms with Crippen LogP contribution in [0.2, 0.25) is 0 Å². The van der Waals surface area contributed by atoms with Gasteiger partial charge in [-0.2, -0.15) is 0 Å². The summed E-state index contributed by atoms with van der Waals surface area (Å²) in [4.78, 5) is 15.2. The summed E-state index contributed by atoms with van der Waals surface area (Å²) in [6.45, 7) is 0.722. The lowest BCUT2D eigenvalue weighted by Crippen LogP contribution is -2.24. The summed E-state index contributed by atoms with van der Waals surface area (Å²) in [5.74, 6) is 0. The Hall–Kier alpha value is -2.49. The number of hydrogen-bond acceptors (Lipinski definition) is 2. The van der Waals surface area contributed by atoms with Gasteiger partial charge in [-0.15, -0.1) is 0 Å². The van der Waals surface area contributed by atoms with Crippen molar-refractivity contribution in [3.8, 4) is 0 Å². The zero-order valence-corrected chi connectivity index (χ0v) is 11.7. The molecular formula is C17H17N3O. The highest BCUT2D eigenvalue weighted by Crippen LogP contribution is 2.49. The quantitative estimate of drug-likeness (QED) is 0.724. The number of aromatic amines is 1. The molecule has 1 aromatic heterocycles. The highest BCUT2D eigenvalue weighted by molar-refractivity contribution is 5.79. The summed E-state index contributed by atoms with van der Waals surface area (Å²) in [7, 11) is 0. The molecule has 0 bridgehead atoms. The largest absolute Gasteiger partial charge is 0.399 e. The van der Waals surface area contributed by atoms with E-state index in [-0.39, 0.29) is 11.1 Å². The van der Waals surface area contributed by atoms with Crippen LogP contribution in [0.25, 0.3) is 11.0 Å². The summed E-state index contributed by atoms with van der Waals surface area (Å²) in [5, 5.41) is 0. The lowest BCUT2D eigenvalue weighted by atomic mass is 9.96. The average molecular weight is 279 g/mol. The van der Waals surface area contributed by atoms with Gasteiger partial charge < -0.3 is 10.7 Å². The molecule has 0 unspecified atom stereocenters. The third-order valence-corrected chi connectivity index (χ3v) is 4.50. The fraction of sp³-hybridized carbons (Fsp3) is 0.235. The van der Waals surface area contributed by atoms with Gasteiger partial charge in [0, 0.05) is 17.6 Å². The SMILES string of the molecule is Nc1ccc2c(c1)[nH]c(=O)n2CC1(c2ccccc2)CC1. The van der Waals surface area contributed by atoms with Gasteiger partial charge >= 0.3 is 5.69 Å². The van der Waals surface area contributed by atoms with Gasteiger partial charge in [0.1, 0.15) is 0 Å². The molecule has 4 nitrogen and oxygen atoms in total. The monoisotopic (exact) mass is 279 g/mol. The Kier molecular flexibility index (Phi) is 2.48. The smallest absolute Gasteiger partial charge is 0.326 e. The molecule has 4 rings (SSSR count). The molecule has 106 valence electrons. The van der Waals surface area contributed by atoms with Crippen LogP contribution in [0, 0.1) is 0 Å². The van der Waals surface area contributed by atoms with Crippen molar-refractivity contribution in [1.82, 2.24) is 9.55 Å². The van der Waals surface area contributed by atoms with Gasteiger partial charge in [-0.3, -0.25) is 4.57 Å². The van der Waals surface area contributed by atoms with Crippen molar-refractivity contribution in [3.63, 3.8) is 0 Å². The van der Waals surface area contributed by atoms with Crippen LogP contribution in [0.5, 0.6) is 0 Å². The maximum atomic E-state index is 12.3. The van der Waals surface area contributed by atoms with Crippen molar-refractivity contribution in [1.29, 1.82) is 0 Å². The van der Waals surface area contributed by atoms with Gasteiger partial charge in [-0.1, -0.05) is 30.3 Å². The number of imidazole rings is 1. The Bertz CT molecular complexity index is 857. The number of nitrogens with zero attached hydrogens (tertiary/aromatic N) is 1. The third-order valence-electron chi connectivity index (χ3n) is 4.50. The highest BCUT2D eigenvalue weighted by atomic mass is 16.1. The standard InChI is InChI=1S/C17H17N3O/c18-13-6-7-15-14(10-13)19-16(21)20(15)11-17(8-9-17)12-4-2-1-3-5-12/h1-7,10H,8-9,11,18H2,(H,19,21). The zero-order valence-electron chi connectivity index (χ0n) is 11.7. The van der Waals surface area contributed by atoms with E-state index in [2.05, 4.69) is 29.2 Å². The fourth-order valence-corrected chi connectivity index (χ4v) is 3.12. The van der Waals surface area contributed by atoms with Crippen LogP contribution < -0.4 is 11.4 Å². The van der Waals surface area contributed by atoms with Gasteiger partial charge in [-0.25, -0.2) is 4.79 Å². The van der Waals surface area contributed by atoms with Crippen molar-refractivity contribution in [2.45, 2.75) is 24.8 Å². The van der Waals surface area contributed by atoms with Crippen LogP contribution in [-0.2, 0) is 12.0 Å². The molecule has 0 saturated heterocycles. The molecule has 1 fully saturated rings. The highest BCUT2D eigenvalue weighted by Gasteiger charge is 2.44. The first kappa shape index (κ1) is 12.3. The molecule has 1 aliphatic carbocycles. The van der Waals surface area contributed by atoms with Crippen molar-refractivity contribution in [2.75, 3.05) is 5.73 Å². The fourth-order valence-electron chi connectivity index (χ4n) is 3.12. The number of benzene rings is 2. The molecule has 0 radical (unpaired) electrons. The second-order valence-corrected chi connectivity index (χ2v) is 5.94. The Morgan fingerprint density at radius 2 is 1.90 bits per heavy atom. The second-order valence-electron chi connectivity index (χ2n) is 5.94. The molecular weight excluding hydrogens is 262 g/mol. The number of nitrogens with one attached hydrogen (secondary N) is 1. The zero-order chi connectivity index (χ0) is 14.4. The maximum absolute atomic E-state index is 12.3. The summed E-state index contributed by atoms with van der Waals surface area (Å²) in [6.07, 6.45) is 2.26. The van der Waals surface area contributed by atoms with E-state index in [1.54, 1.807) is 0 Å². The normalized spacial score (nSPS) is 16.2. The molecule has 21 heavy (non-hydrogen) atoms. The van der Waals surface area contributed by atoms with Crippen LogP contribution >= 0.6 is 0 Å². The van der Waals surface area contributed by atoms with E-state index in [4.69, 9.17) is 5.73 Å². The van der Waals surface area contributed by atoms with E-state index < -0.39 is 0 Å². The van der Waals surface area contributed by atoms with Crippen molar-refractivity contribution >= 4 is 16.7 Å². The lowest BCUT2D eigenvalue weighted by Gasteiger charge is -2.16. The van der Waals surface area contributed by atoms with E-state index in [0.717, 1.165) is 30.4 Å². The molecule has 0 amide bonds. The van der Waals surface area contributed by atoms with Crippen molar-refractivity contribution in [2.24, 2.45) is 0 Å². The van der Waals surface area contributed by atoms with Gasteiger partial charge in [0.05, 0.1) is 11.0 Å². The predicted octanol–water partition coefficient (Wildman–Crippen LogP) is 2.64. The molecule has 3 N–H and O–H groups in total. The van der Waals surface area contributed by atoms with Gasteiger partial charge in [-0.05, 0) is 36.6 Å². The van der Waals surface area contributed by atoms with E-state index in [1.165, 1.54) is 5.56 Å². The summed E-state index contributed by atoms with van der Waals surface area (Å²) < 4.78 is 1.84. The topological polar surface area (TPSA) is 63.8 Å². The minimum absolute atomic E-state index is 0.0576. The van der Waals surface area contributed by atoms with Gasteiger partial charge in [0.25, 0.3) is 0 Å². The Morgan fingerprint density at radius 3 is 2.62 bits per heavy atom. The summed E-state index contributed by atoms with van der Waals surface area (Å²) in [6, 6.07) is 16.0. The number of anilines is 1.